The van der Waals surface area contributed by atoms with Gasteiger partial charge in [-0.25, -0.2) is 4.98 Å². The Hall–Kier alpha value is -3.89. The van der Waals surface area contributed by atoms with Crippen LogP contribution in [0.3, 0.4) is 0 Å². The average molecular weight is 624 g/mol. The Morgan fingerprint density at radius 3 is 2.52 bits per heavy atom. The summed E-state index contributed by atoms with van der Waals surface area (Å²) >= 11 is 4.64. The number of rotatable bonds is 7. The van der Waals surface area contributed by atoms with Gasteiger partial charge >= 0.3 is 5.91 Å². The first-order valence-electron chi connectivity index (χ1n) is 12.6. The summed E-state index contributed by atoms with van der Waals surface area (Å²) in [5, 5.41) is 22.2. The van der Waals surface area contributed by atoms with Gasteiger partial charge in [-0.1, -0.05) is 24.3 Å². The van der Waals surface area contributed by atoms with E-state index in [-0.39, 0.29) is 22.8 Å². The highest BCUT2D eigenvalue weighted by molar-refractivity contribution is 9.10. The molecule has 0 spiro atoms. The first-order chi connectivity index (χ1) is 19.1. The summed E-state index contributed by atoms with van der Waals surface area (Å²) in [6.07, 6.45) is 0.849. The zero-order chi connectivity index (χ0) is 28.7. The molecule has 1 atom stereocenters. The van der Waals surface area contributed by atoms with Gasteiger partial charge in [0.05, 0.1) is 40.0 Å². The fraction of sp³-hybridized carbons (Fsp3) is 0.233. The highest BCUT2D eigenvalue weighted by Crippen LogP contribution is 2.47. The summed E-state index contributed by atoms with van der Waals surface area (Å²) in [5.74, 6) is -1.35. The lowest BCUT2D eigenvalue weighted by molar-refractivity contribution is -0.132. The zero-order valence-electron chi connectivity index (χ0n) is 22.3. The van der Waals surface area contributed by atoms with Crippen molar-refractivity contribution in [2.45, 2.75) is 33.2 Å². The van der Waals surface area contributed by atoms with Crippen molar-refractivity contribution in [3.05, 3.63) is 80.8 Å². The number of phenols is 1. The molecule has 0 saturated carbocycles. The van der Waals surface area contributed by atoms with Gasteiger partial charge in [-0.3, -0.25) is 14.5 Å². The van der Waals surface area contributed by atoms with E-state index in [4.69, 9.17) is 14.5 Å². The fourth-order valence-electron chi connectivity index (χ4n) is 4.80. The zero-order valence-corrected chi connectivity index (χ0v) is 24.7. The van der Waals surface area contributed by atoms with Gasteiger partial charge in [-0.05, 0) is 95.4 Å². The number of anilines is 1. The Kier molecular flexibility index (Phi) is 7.57. The average Bonchev–Trinajstić information content (AvgIpc) is 3.47. The van der Waals surface area contributed by atoms with Crippen LogP contribution in [0.1, 0.15) is 41.6 Å². The first kappa shape index (κ1) is 27.7. The molecular weight excluding hydrogens is 596 g/mol. The molecule has 2 N–H and O–H groups in total. The number of benzene rings is 3. The lowest BCUT2D eigenvalue weighted by Gasteiger charge is -2.24. The van der Waals surface area contributed by atoms with Gasteiger partial charge in [0, 0.05) is 5.56 Å². The van der Waals surface area contributed by atoms with Crippen molar-refractivity contribution in [1.29, 1.82) is 0 Å². The fourth-order valence-corrected chi connectivity index (χ4v) is 6.43. The second-order valence-electron chi connectivity index (χ2n) is 9.52. The van der Waals surface area contributed by atoms with Crippen LogP contribution in [-0.4, -0.2) is 40.6 Å². The van der Waals surface area contributed by atoms with E-state index in [2.05, 4.69) is 15.9 Å². The second-order valence-corrected chi connectivity index (χ2v) is 11.4. The lowest BCUT2D eigenvalue weighted by Crippen LogP contribution is -2.29. The van der Waals surface area contributed by atoms with E-state index in [0.29, 0.717) is 33.1 Å². The molecule has 1 saturated heterocycles. The molecule has 2 heterocycles. The van der Waals surface area contributed by atoms with Crippen LogP contribution in [0, 0.1) is 13.8 Å². The van der Waals surface area contributed by atoms with Crippen molar-refractivity contribution in [3.8, 4) is 17.2 Å². The molecule has 4 aromatic rings. The highest BCUT2D eigenvalue weighted by atomic mass is 79.9. The number of Topliss-reactive ketones (excluding diaryl/α,β-unsaturated/α-hetero) is 1. The predicted molar refractivity (Wildman–Crippen MR) is 158 cm³/mol. The number of aryl methyl sites for hydroxylation is 2. The molecule has 0 bridgehead atoms. The third-order valence-electron chi connectivity index (χ3n) is 6.66. The van der Waals surface area contributed by atoms with Gasteiger partial charge in [0.15, 0.2) is 16.6 Å². The molecule has 1 aliphatic heterocycles. The van der Waals surface area contributed by atoms with Crippen LogP contribution in [0.4, 0.5) is 5.13 Å². The molecule has 0 radical (unpaired) electrons. The number of aromatic hydroxyl groups is 1. The van der Waals surface area contributed by atoms with Crippen molar-refractivity contribution in [2.24, 2.45) is 0 Å². The number of thiazole rings is 1. The summed E-state index contributed by atoms with van der Waals surface area (Å²) in [6.45, 7) is 6.48. The SMILES string of the molecule is CCCOc1ccc(C(O)=C2C(=O)C(=O)N(c3nc4c(C)cc(C)cc4s3)C2c2cc(Br)c(O)c(OC)c2)cc1. The second kappa shape index (κ2) is 10.9. The molecule has 8 nitrogen and oxygen atoms in total. The number of aliphatic hydroxyl groups excluding tert-OH is 1. The number of amides is 1. The van der Waals surface area contributed by atoms with Crippen LogP contribution in [0.15, 0.2) is 58.6 Å². The maximum absolute atomic E-state index is 13.6. The van der Waals surface area contributed by atoms with Crippen LogP contribution < -0.4 is 14.4 Å². The predicted octanol–water partition coefficient (Wildman–Crippen LogP) is 6.80. The van der Waals surface area contributed by atoms with Crippen LogP contribution in [0.25, 0.3) is 16.0 Å². The molecular formula is C30H27BrN2O6S. The number of carbonyl (C=O) groups excluding carboxylic acids is 2. The molecule has 206 valence electrons. The number of ether oxygens (including phenoxy) is 2. The minimum atomic E-state index is -1.04. The van der Waals surface area contributed by atoms with Gasteiger partial charge in [-0.15, -0.1) is 0 Å². The van der Waals surface area contributed by atoms with E-state index in [1.165, 1.54) is 23.3 Å². The molecule has 3 aromatic carbocycles. The minimum absolute atomic E-state index is 0.0981. The van der Waals surface area contributed by atoms with Crippen molar-refractivity contribution in [2.75, 3.05) is 18.6 Å². The number of hydrogen-bond acceptors (Lipinski definition) is 8. The molecule has 1 fully saturated rings. The van der Waals surface area contributed by atoms with Crippen LogP contribution in [-0.2, 0) is 9.59 Å². The number of halogens is 1. The van der Waals surface area contributed by atoms with E-state index in [9.17, 15) is 19.8 Å². The van der Waals surface area contributed by atoms with Gasteiger partial charge in [0.25, 0.3) is 5.78 Å². The molecule has 1 aromatic heterocycles. The van der Waals surface area contributed by atoms with Crippen molar-refractivity contribution in [1.82, 2.24) is 4.98 Å². The van der Waals surface area contributed by atoms with Gasteiger partial charge < -0.3 is 19.7 Å². The maximum Gasteiger partial charge on any atom is 0.301 e. The number of phenolic OH excluding ortho intramolecular Hbond substituents is 1. The van der Waals surface area contributed by atoms with E-state index in [1.54, 1.807) is 36.4 Å². The number of nitrogens with zero attached hydrogens (tertiary/aromatic N) is 2. The standard InChI is InChI=1S/C30H27BrN2O6S/c1-5-10-39-19-8-6-17(7-9-19)26(34)23-25(18-13-20(31)27(35)21(14-18)38-4)33(29(37)28(23)36)30-32-24-16(3)11-15(2)12-22(24)40-30/h6-9,11-14,25,34-35H,5,10H2,1-4H3. The van der Waals surface area contributed by atoms with Crippen molar-refractivity contribution < 1.29 is 29.3 Å². The number of hydrogen-bond donors (Lipinski definition) is 2. The highest BCUT2D eigenvalue weighted by Gasteiger charge is 2.48. The van der Waals surface area contributed by atoms with E-state index in [1.807, 2.05) is 32.9 Å². The number of carbonyl (C=O) groups is 2. The number of aliphatic hydroxyl groups is 1. The largest absolute Gasteiger partial charge is 0.507 e. The lowest BCUT2D eigenvalue weighted by atomic mass is 9.95. The van der Waals surface area contributed by atoms with Gasteiger partial charge in [0.2, 0.25) is 0 Å². The third kappa shape index (κ3) is 4.82. The summed E-state index contributed by atoms with van der Waals surface area (Å²) in [5.41, 5.74) is 3.43. The summed E-state index contributed by atoms with van der Waals surface area (Å²) in [4.78, 5) is 33.3. The van der Waals surface area contributed by atoms with E-state index < -0.39 is 17.7 Å². The summed E-state index contributed by atoms with van der Waals surface area (Å²) < 4.78 is 12.2. The quantitative estimate of drug-likeness (QED) is 0.132. The Morgan fingerprint density at radius 2 is 1.85 bits per heavy atom. The summed E-state index contributed by atoms with van der Waals surface area (Å²) in [6, 6.07) is 12.8. The molecule has 10 heteroatoms. The first-order valence-corrected chi connectivity index (χ1v) is 14.2. The Morgan fingerprint density at radius 1 is 1.12 bits per heavy atom. The molecule has 1 unspecified atom stereocenters. The van der Waals surface area contributed by atoms with Crippen LogP contribution in [0.2, 0.25) is 0 Å². The number of ketones is 1. The topological polar surface area (TPSA) is 109 Å². The van der Waals surface area contributed by atoms with Gasteiger partial charge in [0.1, 0.15) is 11.5 Å². The Labute approximate surface area is 243 Å². The van der Waals surface area contributed by atoms with Gasteiger partial charge in [-0.2, -0.15) is 0 Å². The molecule has 1 aliphatic rings. The van der Waals surface area contributed by atoms with Crippen molar-refractivity contribution >= 4 is 60.1 Å². The number of fused-ring (bicyclic) bond motifs is 1. The van der Waals surface area contributed by atoms with Crippen LogP contribution in [0.5, 0.6) is 17.2 Å². The molecule has 40 heavy (non-hydrogen) atoms. The smallest absolute Gasteiger partial charge is 0.301 e. The minimum Gasteiger partial charge on any atom is -0.507 e. The number of methoxy groups -OCH3 is 1. The van der Waals surface area contributed by atoms with E-state index >= 15 is 0 Å². The van der Waals surface area contributed by atoms with E-state index in [0.717, 1.165) is 27.8 Å². The third-order valence-corrected chi connectivity index (χ3v) is 8.26. The molecule has 5 rings (SSSR count). The van der Waals surface area contributed by atoms with Crippen LogP contribution >= 0.6 is 27.3 Å². The Bertz CT molecular complexity index is 1680. The normalized spacial score (nSPS) is 16.6. The number of aromatic nitrogens is 1. The van der Waals surface area contributed by atoms with Crippen molar-refractivity contribution in [3.63, 3.8) is 0 Å². The molecule has 0 aliphatic carbocycles. The Balaban J connectivity index is 1.72. The molecule has 1 amide bonds. The summed E-state index contributed by atoms with van der Waals surface area (Å²) in [7, 11) is 1.41. The maximum atomic E-state index is 13.6. The monoisotopic (exact) mass is 622 g/mol.